The molecule has 0 heterocycles. The van der Waals surface area contributed by atoms with Crippen LogP contribution in [0.1, 0.15) is 21.5 Å². The Morgan fingerprint density at radius 1 is 0.880 bits per heavy atom. The molecule has 0 bridgehead atoms. The van der Waals surface area contributed by atoms with Crippen LogP contribution in [0, 0.1) is 19.7 Å². The van der Waals surface area contributed by atoms with E-state index < -0.39 is 5.97 Å². The van der Waals surface area contributed by atoms with E-state index in [0.717, 1.165) is 11.1 Å². The summed E-state index contributed by atoms with van der Waals surface area (Å²) >= 11 is 0. The molecule has 0 radical (unpaired) electrons. The maximum absolute atomic E-state index is 13.1. The average molecular weight is 335 g/mol. The zero-order valence-corrected chi connectivity index (χ0v) is 14.0. The molecule has 0 unspecified atom stereocenters. The van der Waals surface area contributed by atoms with E-state index in [-0.39, 0.29) is 11.4 Å². The van der Waals surface area contributed by atoms with Crippen molar-refractivity contribution in [2.75, 3.05) is 5.32 Å². The van der Waals surface area contributed by atoms with Crippen molar-refractivity contribution in [3.05, 3.63) is 83.2 Å². The van der Waals surface area contributed by atoms with Crippen LogP contribution in [-0.2, 0) is 0 Å². The molecule has 0 amide bonds. The largest absolute Gasteiger partial charge is 0.478 e. The fourth-order valence-electron chi connectivity index (χ4n) is 2.62. The maximum atomic E-state index is 13.1. The van der Waals surface area contributed by atoms with Gasteiger partial charge in [0, 0.05) is 5.69 Å². The van der Waals surface area contributed by atoms with E-state index in [9.17, 15) is 14.3 Å². The van der Waals surface area contributed by atoms with Crippen LogP contribution in [0.25, 0.3) is 11.1 Å². The highest BCUT2D eigenvalue weighted by molar-refractivity contribution is 5.96. The van der Waals surface area contributed by atoms with Crippen LogP contribution in [0.2, 0.25) is 0 Å². The van der Waals surface area contributed by atoms with Crippen LogP contribution in [0.4, 0.5) is 15.8 Å². The molecule has 4 heteroatoms. The molecule has 0 saturated heterocycles. The Kier molecular flexibility index (Phi) is 4.52. The number of carboxylic acid groups (broad SMARTS) is 1. The molecule has 0 fully saturated rings. The van der Waals surface area contributed by atoms with Gasteiger partial charge in [-0.05, 0) is 72.5 Å². The van der Waals surface area contributed by atoms with Crippen molar-refractivity contribution in [1.29, 1.82) is 0 Å². The van der Waals surface area contributed by atoms with Crippen LogP contribution >= 0.6 is 0 Å². The second-order valence-electron chi connectivity index (χ2n) is 6.00. The molecule has 2 N–H and O–H groups in total. The molecule has 25 heavy (non-hydrogen) atoms. The number of rotatable bonds is 4. The maximum Gasteiger partial charge on any atom is 0.337 e. The number of aryl methyl sites for hydroxylation is 2. The third-order valence-electron chi connectivity index (χ3n) is 4.21. The lowest BCUT2D eigenvalue weighted by atomic mass is 9.98. The van der Waals surface area contributed by atoms with Gasteiger partial charge in [-0.25, -0.2) is 9.18 Å². The second-order valence-corrected chi connectivity index (χ2v) is 6.00. The van der Waals surface area contributed by atoms with Gasteiger partial charge in [0.25, 0.3) is 0 Å². The van der Waals surface area contributed by atoms with E-state index in [1.807, 2.05) is 26.0 Å². The highest BCUT2D eigenvalue weighted by Crippen LogP contribution is 2.29. The summed E-state index contributed by atoms with van der Waals surface area (Å²) < 4.78 is 13.1. The number of hydrogen-bond donors (Lipinski definition) is 2. The molecule has 0 aliphatic heterocycles. The summed E-state index contributed by atoms with van der Waals surface area (Å²) in [6.45, 7) is 4.09. The summed E-state index contributed by atoms with van der Waals surface area (Å²) in [4.78, 5) is 11.5. The molecule has 3 aromatic rings. The molecule has 0 saturated carbocycles. The van der Waals surface area contributed by atoms with Crippen molar-refractivity contribution in [3.63, 3.8) is 0 Å². The third kappa shape index (κ3) is 3.69. The Balaban J connectivity index is 2.03. The Hall–Kier alpha value is -3.14. The van der Waals surface area contributed by atoms with Gasteiger partial charge in [-0.15, -0.1) is 0 Å². The zero-order chi connectivity index (χ0) is 18.0. The monoisotopic (exact) mass is 335 g/mol. The van der Waals surface area contributed by atoms with Crippen LogP contribution in [0.3, 0.4) is 0 Å². The van der Waals surface area contributed by atoms with Crippen LogP contribution < -0.4 is 5.32 Å². The predicted molar refractivity (Wildman–Crippen MR) is 98.0 cm³/mol. The van der Waals surface area contributed by atoms with Gasteiger partial charge in [0.1, 0.15) is 5.82 Å². The quantitative estimate of drug-likeness (QED) is 0.657. The van der Waals surface area contributed by atoms with Gasteiger partial charge < -0.3 is 10.4 Å². The van der Waals surface area contributed by atoms with Crippen LogP contribution in [0.5, 0.6) is 0 Å². The smallest absolute Gasteiger partial charge is 0.337 e. The van der Waals surface area contributed by atoms with Crippen molar-refractivity contribution >= 4 is 17.3 Å². The minimum Gasteiger partial charge on any atom is -0.478 e. The van der Waals surface area contributed by atoms with E-state index in [4.69, 9.17) is 0 Å². The number of aromatic carboxylic acids is 1. The highest BCUT2D eigenvalue weighted by atomic mass is 19.1. The average Bonchev–Trinajstić information content (AvgIpc) is 2.59. The Morgan fingerprint density at radius 2 is 1.52 bits per heavy atom. The topological polar surface area (TPSA) is 49.3 Å². The summed E-state index contributed by atoms with van der Waals surface area (Å²) in [7, 11) is 0. The molecular weight excluding hydrogens is 317 g/mol. The van der Waals surface area contributed by atoms with Gasteiger partial charge in [-0.1, -0.05) is 24.3 Å². The van der Waals surface area contributed by atoms with Gasteiger partial charge in [0.05, 0.1) is 11.3 Å². The van der Waals surface area contributed by atoms with Crippen LogP contribution in [-0.4, -0.2) is 11.1 Å². The van der Waals surface area contributed by atoms with E-state index >= 15 is 0 Å². The Labute approximate surface area is 145 Å². The third-order valence-corrected chi connectivity index (χ3v) is 4.21. The standard InChI is InChI=1S/C21H18FNO2/c1-13-3-4-15(11-14(13)2)16-5-10-19(21(24)25)20(12-16)23-18-8-6-17(22)7-9-18/h3-12,23H,1-2H3,(H,24,25). The highest BCUT2D eigenvalue weighted by Gasteiger charge is 2.12. The molecular formula is C21H18FNO2. The molecule has 0 atom stereocenters. The van der Waals surface area contributed by atoms with Gasteiger partial charge in [-0.3, -0.25) is 0 Å². The summed E-state index contributed by atoms with van der Waals surface area (Å²) in [5.74, 6) is -1.36. The molecule has 0 aliphatic carbocycles. The SMILES string of the molecule is Cc1ccc(-c2ccc(C(=O)O)c(Nc3ccc(F)cc3)c2)cc1C. The molecule has 3 aromatic carbocycles. The Bertz CT molecular complexity index is 933. The lowest BCUT2D eigenvalue weighted by Gasteiger charge is -2.13. The normalized spacial score (nSPS) is 10.5. The second kappa shape index (κ2) is 6.77. The van der Waals surface area contributed by atoms with Crippen molar-refractivity contribution in [3.8, 4) is 11.1 Å². The number of carboxylic acids is 1. The number of anilines is 2. The summed E-state index contributed by atoms with van der Waals surface area (Å²) in [6.07, 6.45) is 0. The minimum atomic E-state index is -1.02. The molecule has 0 spiro atoms. The van der Waals surface area contributed by atoms with E-state index in [0.29, 0.717) is 11.4 Å². The van der Waals surface area contributed by atoms with Gasteiger partial charge in [0.15, 0.2) is 0 Å². The number of hydrogen-bond acceptors (Lipinski definition) is 2. The first kappa shape index (κ1) is 16.7. The number of carbonyl (C=O) groups is 1. The van der Waals surface area contributed by atoms with Gasteiger partial charge in [0.2, 0.25) is 0 Å². The van der Waals surface area contributed by atoms with E-state index in [1.165, 1.54) is 23.3 Å². The molecule has 0 aliphatic rings. The minimum absolute atomic E-state index is 0.164. The first-order chi connectivity index (χ1) is 11.9. The number of nitrogens with one attached hydrogen (secondary N) is 1. The van der Waals surface area contributed by atoms with Crippen LogP contribution in [0.15, 0.2) is 60.7 Å². The Morgan fingerprint density at radius 3 is 2.16 bits per heavy atom. The van der Waals surface area contributed by atoms with Gasteiger partial charge >= 0.3 is 5.97 Å². The first-order valence-corrected chi connectivity index (χ1v) is 7.91. The lowest BCUT2D eigenvalue weighted by molar-refractivity contribution is 0.0698. The molecule has 3 rings (SSSR count). The summed E-state index contributed by atoms with van der Waals surface area (Å²) in [5.41, 5.74) is 5.57. The number of halogens is 1. The van der Waals surface area contributed by atoms with E-state index in [1.54, 1.807) is 30.3 Å². The lowest BCUT2D eigenvalue weighted by Crippen LogP contribution is -2.03. The summed E-state index contributed by atoms with van der Waals surface area (Å²) in [5, 5.41) is 12.5. The van der Waals surface area contributed by atoms with Crippen molar-refractivity contribution < 1.29 is 14.3 Å². The zero-order valence-electron chi connectivity index (χ0n) is 14.0. The molecule has 0 aromatic heterocycles. The number of benzene rings is 3. The molecule has 126 valence electrons. The predicted octanol–water partition coefficient (Wildman–Crippen LogP) is 5.55. The van der Waals surface area contributed by atoms with Crippen molar-refractivity contribution in [2.45, 2.75) is 13.8 Å². The van der Waals surface area contributed by atoms with E-state index in [2.05, 4.69) is 11.4 Å². The fraction of sp³-hybridized carbons (Fsp3) is 0.0952. The van der Waals surface area contributed by atoms with Crippen molar-refractivity contribution in [2.24, 2.45) is 0 Å². The first-order valence-electron chi connectivity index (χ1n) is 7.91. The fourth-order valence-corrected chi connectivity index (χ4v) is 2.62. The summed E-state index contributed by atoms with van der Waals surface area (Å²) in [6, 6.07) is 17.1. The van der Waals surface area contributed by atoms with Gasteiger partial charge in [-0.2, -0.15) is 0 Å². The molecule has 3 nitrogen and oxygen atoms in total. The van der Waals surface area contributed by atoms with Crippen molar-refractivity contribution in [1.82, 2.24) is 0 Å².